The molecule has 1 unspecified atom stereocenters. The molecule has 0 aliphatic carbocycles. The van der Waals surface area contributed by atoms with Crippen LogP contribution in [-0.2, 0) is 23.9 Å². The van der Waals surface area contributed by atoms with E-state index < -0.39 is 47.9 Å². The van der Waals surface area contributed by atoms with Gasteiger partial charge in [-0.2, -0.15) is 17.6 Å². The third-order valence-electron chi connectivity index (χ3n) is 3.11. The Bertz CT molecular complexity index is 475. The van der Waals surface area contributed by atoms with E-state index in [9.17, 15) is 31.9 Å². The SMILES string of the molecule is CCC(C)(C)C(=O)OC(C)COC(=O)C(F)(F)C(F)(F)C(=O)O. The van der Waals surface area contributed by atoms with E-state index in [1.165, 1.54) is 6.92 Å². The predicted octanol–water partition coefficient (Wildman–Crippen LogP) is 2.25. The molecule has 6 nitrogen and oxygen atoms in total. The summed E-state index contributed by atoms with van der Waals surface area (Å²) in [5.41, 5.74) is -0.863. The monoisotopic (exact) mass is 346 g/mol. The van der Waals surface area contributed by atoms with Gasteiger partial charge >= 0.3 is 29.8 Å². The maximum absolute atomic E-state index is 13.1. The fourth-order valence-corrected chi connectivity index (χ4v) is 1.07. The quantitative estimate of drug-likeness (QED) is 0.536. The van der Waals surface area contributed by atoms with Gasteiger partial charge in [0.15, 0.2) is 0 Å². The third-order valence-corrected chi connectivity index (χ3v) is 3.11. The van der Waals surface area contributed by atoms with E-state index in [-0.39, 0.29) is 0 Å². The van der Waals surface area contributed by atoms with Crippen molar-refractivity contribution in [3.8, 4) is 0 Å². The van der Waals surface area contributed by atoms with Gasteiger partial charge in [0.1, 0.15) is 12.7 Å². The normalized spacial score (nSPS) is 14.1. The topological polar surface area (TPSA) is 89.9 Å². The summed E-state index contributed by atoms with van der Waals surface area (Å²) >= 11 is 0. The highest BCUT2D eigenvalue weighted by Gasteiger charge is 2.68. The van der Waals surface area contributed by atoms with Crippen LogP contribution in [0, 0.1) is 5.41 Å². The van der Waals surface area contributed by atoms with Crippen molar-refractivity contribution in [3.63, 3.8) is 0 Å². The minimum atomic E-state index is -5.62. The van der Waals surface area contributed by atoms with Crippen molar-refractivity contribution < 1.29 is 46.5 Å². The number of esters is 2. The molecule has 23 heavy (non-hydrogen) atoms. The highest BCUT2D eigenvalue weighted by atomic mass is 19.3. The van der Waals surface area contributed by atoms with Crippen LogP contribution in [0.3, 0.4) is 0 Å². The highest BCUT2D eigenvalue weighted by molar-refractivity contribution is 5.89. The number of halogens is 4. The predicted molar refractivity (Wildman–Crippen MR) is 68.1 cm³/mol. The summed E-state index contributed by atoms with van der Waals surface area (Å²) in [4.78, 5) is 32.8. The average Bonchev–Trinajstić information content (AvgIpc) is 2.43. The van der Waals surface area contributed by atoms with Crippen molar-refractivity contribution in [2.24, 2.45) is 5.41 Å². The number of carboxylic acids is 1. The lowest BCUT2D eigenvalue weighted by molar-refractivity contribution is -0.236. The molecule has 0 heterocycles. The summed E-state index contributed by atoms with van der Waals surface area (Å²) in [6, 6.07) is 0. The summed E-state index contributed by atoms with van der Waals surface area (Å²) in [7, 11) is 0. The first-order valence-corrected chi connectivity index (χ1v) is 6.57. The third kappa shape index (κ3) is 4.80. The van der Waals surface area contributed by atoms with Crippen molar-refractivity contribution in [3.05, 3.63) is 0 Å². The Morgan fingerprint density at radius 1 is 1.04 bits per heavy atom. The Morgan fingerprint density at radius 3 is 1.91 bits per heavy atom. The highest BCUT2D eigenvalue weighted by Crippen LogP contribution is 2.35. The number of rotatable bonds is 8. The molecule has 0 aromatic rings. The van der Waals surface area contributed by atoms with Crippen molar-refractivity contribution in [1.29, 1.82) is 0 Å². The van der Waals surface area contributed by atoms with Crippen LogP contribution in [0.15, 0.2) is 0 Å². The van der Waals surface area contributed by atoms with Crippen LogP contribution in [-0.4, -0.2) is 47.6 Å². The molecule has 134 valence electrons. The van der Waals surface area contributed by atoms with E-state index in [1.54, 1.807) is 20.8 Å². The molecule has 0 bridgehead atoms. The number of alkyl halides is 4. The van der Waals surface area contributed by atoms with E-state index in [2.05, 4.69) is 4.74 Å². The lowest BCUT2D eigenvalue weighted by atomic mass is 9.91. The molecular formula is C13H18F4O6. The number of hydrogen-bond acceptors (Lipinski definition) is 5. The number of hydrogen-bond donors (Lipinski definition) is 1. The average molecular weight is 346 g/mol. The molecule has 0 aliphatic heterocycles. The van der Waals surface area contributed by atoms with Crippen LogP contribution in [0.1, 0.15) is 34.1 Å². The van der Waals surface area contributed by atoms with E-state index >= 15 is 0 Å². The molecule has 10 heteroatoms. The molecule has 0 rings (SSSR count). The fourth-order valence-electron chi connectivity index (χ4n) is 1.07. The number of carbonyl (C=O) groups excluding carboxylic acids is 2. The Morgan fingerprint density at radius 2 is 1.52 bits per heavy atom. The molecule has 0 aromatic heterocycles. The molecular weight excluding hydrogens is 328 g/mol. The van der Waals surface area contributed by atoms with E-state index in [0.717, 1.165) is 0 Å². The maximum Gasteiger partial charge on any atom is 0.415 e. The van der Waals surface area contributed by atoms with Crippen LogP contribution >= 0.6 is 0 Å². The first-order chi connectivity index (χ1) is 10.2. The van der Waals surface area contributed by atoms with Crippen LogP contribution in [0.2, 0.25) is 0 Å². The summed E-state index contributed by atoms with van der Waals surface area (Å²) in [5, 5.41) is 8.03. The van der Waals surface area contributed by atoms with Crippen molar-refractivity contribution in [2.45, 2.75) is 52.1 Å². The lowest BCUT2D eigenvalue weighted by Crippen LogP contribution is -2.53. The van der Waals surface area contributed by atoms with E-state index in [4.69, 9.17) is 9.84 Å². The van der Waals surface area contributed by atoms with Gasteiger partial charge in [-0.3, -0.25) is 4.79 Å². The van der Waals surface area contributed by atoms with Crippen molar-refractivity contribution in [2.75, 3.05) is 6.61 Å². The summed E-state index contributed by atoms with van der Waals surface area (Å²) in [6.45, 7) is 5.12. The summed E-state index contributed by atoms with van der Waals surface area (Å²) in [6.07, 6.45) is -0.757. The van der Waals surface area contributed by atoms with Gasteiger partial charge in [0, 0.05) is 0 Å². The number of carboxylic acid groups (broad SMARTS) is 1. The van der Waals surface area contributed by atoms with Crippen LogP contribution < -0.4 is 0 Å². The Labute approximate surface area is 129 Å². The van der Waals surface area contributed by atoms with Gasteiger partial charge in [0.2, 0.25) is 0 Å². The largest absolute Gasteiger partial charge is 0.477 e. The molecule has 0 amide bonds. The molecule has 0 saturated heterocycles. The second-order valence-electron chi connectivity index (χ2n) is 5.51. The first kappa shape index (κ1) is 21.1. The van der Waals surface area contributed by atoms with Crippen molar-refractivity contribution in [1.82, 2.24) is 0 Å². The Hall–Kier alpha value is -1.87. The minimum Gasteiger partial charge on any atom is -0.477 e. The molecule has 1 atom stereocenters. The molecule has 0 aliphatic rings. The lowest BCUT2D eigenvalue weighted by Gasteiger charge is -2.24. The summed E-state index contributed by atoms with van der Waals surface area (Å²) < 4.78 is 60.5. The molecule has 0 fully saturated rings. The number of aliphatic carboxylic acids is 1. The fraction of sp³-hybridized carbons (Fsp3) is 0.769. The molecule has 0 saturated carbocycles. The molecule has 0 spiro atoms. The second kappa shape index (κ2) is 7.14. The Kier molecular flexibility index (Phi) is 6.56. The molecule has 0 radical (unpaired) electrons. The smallest absolute Gasteiger partial charge is 0.415 e. The van der Waals surface area contributed by atoms with Crippen LogP contribution in [0.5, 0.6) is 0 Å². The molecule has 1 N–H and O–H groups in total. The zero-order valence-electron chi connectivity index (χ0n) is 13.0. The van der Waals surface area contributed by atoms with Gasteiger partial charge in [-0.05, 0) is 27.2 Å². The zero-order valence-corrected chi connectivity index (χ0v) is 13.0. The van der Waals surface area contributed by atoms with Crippen molar-refractivity contribution >= 4 is 17.9 Å². The molecule has 0 aromatic carbocycles. The van der Waals surface area contributed by atoms with Crippen LogP contribution in [0.25, 0.3) is 0 Å². The van der Waals surface area contributed by atoms with Gasteiger partial charge in [-0.15, -0.1) is 0 Å². The van der Waals surface area contributed by atoms with Crippen LogP contribution in [0.4, 0.5) is 17.6 Å². The minimum absolute atomic E-state index is 0.418. The van der Waals surface area contributed by atoms with Gasteiger partial charge in [-0.25, -0.2) is 9.59 Å². The van der Waals surface area contributed by atoms with E-state index in [1.807, 2.05) is 0 Å². The first-order valence-electron chi connectivity index (χ1n) is 6.57. The zero-order chi connectivity index (χ0) is 18.6. The maximum atomic E-state index is 13.1. The van der Waals surface area contributed by atoms with Gasteiger partial charge in [0.25, 0.3) is 0 Å². The van der Waals surface area contributed by atoms with Gasteiger partial charge < -0.3 is 14.6 Å². The van der Waals surface area contributed by atoms with E-state index in [0.29, 0.717) is 6.42 Å². The number of carbonyl (C=O) groups is 3. The number of ether oxygens (including phenoxy) is 2. The second-order valence-corrected chi connectivity index (χ2v) is 5.51. The Balaban J connectivity index is 4.72. The van der Waals surface area contributed by atoms with Gasteiger partial charge in [0.05, 0.1) is 5.41 Å². The summed E-state index contributed by atoms with van der Waals surface area (Å²) in [5.74, 6) is -17.7. The standard InChI is InChI=1S/C13H18F4O6/c1-5-11(3,4)9(20)23-7(2)6-22-10(21)13(16,17)12(14,15)8(18)19/h7H,5-6H2,1-4H3,(H,18,19). The van der Waals surface area contributed by atoms with Gasteiger partial charge in [-0.1, -0.05) is 6.92 Å².